The number of hydrogen-bond acceptors (Lipinski definition) is 15. The average Bonchev–Trinajstić information content (AvgIpc) is 0.823. The number of hydrogen-bond donors (Lipinski definition) is 5. The first-order chi connectivity index (χ1) is 65.8. The maximum Gasteiger partial charge on any atom is 0.338 e. The van der Waals surface area contributed by atoms with Crippen LogP contribution >= 0.6 is 27.5 Å². The molecule has 15 nitrogen and oxygen atoms in total. The number of rotatable bonds is 35. The quantitative estimate of drug-likeness (QED) is 0.0186. The number of carbonyl (C=O) groups excluding carboxylic acids is 5. The van der Waals surface area contributed by atoms with Gasteiger partial charge in [-0.3, -0.25) is 0 Å². The van der Waals surface area contributed by atoms with E-state index in [4.69, 9.17) is 35.3 Å². The smallest absolute Gasteiger partial charge is 0.338 e. The average molecular weight is 1920 g/mol. The summed E-state index contributed by atoms with van der Waals surface area (Å²) in [5.74, 6) is 1.79. The monoisotopic (exact) mass is 1920 g/mol. The van der Waals surface area contributed by atoms with Gasteiger partial charge in [0, 0.05) is 70.7 Å². The highest BCUT2D eigenvalue weighted by atomic mass is 79.9. The molecule has 0 heterocycles. The fraction of sp³-hybridized carbons (Fsp3) is 0.440. The Kier molecular flexibility index (Phi) is 44.4. The highest BCUT2D eigenvalue weighted by molar-refractivity contribution is 9.10. The van der Waals surface area contributed by atoms with Crippen molar-refractivity contribution in [3.8, 4) is 0 Å². The van der Waals surface area contributed by atoms with Crippen LogP contribution in [0.4, 0.5) is 37.2 Å². The number of halogens is 4. The van der Waals surface area contributed by atoms with Gasteiger partial charge in [0.15, 0.2) is 0 Å². The lowest BCUT2D eigenvalue weighted by atomic mass is 9.84. The molecule has 5 fully saturated rings. The lowest BCUT2D eigenvalue weighted by Crippen LogP contribution is -2.12. The van der Waals surface area contributed by atoms with Crippen molar-refractivity contribution in [1.29, 1.82) is 0 Å². The fourth-order valence-corrected chi connectivity index (χ4v) is 19.5. The largest absolute Gasteiger partial charge is 0.462 e. The Morgan fingerprint density at radius 2 is 0.533 bits per heavy atom. The number of carbonyl (C=O) groups is 5. The summed E-state index contributed by atoms with van der Waals surface area (Å²) in [4.78, 5) is 60.7. The Morgan fingerprint density at radius 1 is 0.289 bits per heavy atom. The summed E-state index contributed by atoms with van der Waals surface area (Å²) < 4.78 is 53.4. The van der Waals surface area contributed by atoms with Crippen molar-refractivity contribution >= 4 is 85.8 Å². The molecule has 0 spiro atoms. The van der Waals surface area contributed by atoms with Gasteiger partial charge in [-0.15, -0.1) is 0 Å². The van der Waals surface area contributed by atoms with Gasteiger partial charge in [-0.1, -0.05) is 297 Å². The third-order valence-corrected chi connectivity index (χ3v) is 27.2. The molecule has 0 bridgehead atoms. The fourth-order valence-electron chi connectivity index (χ4n) is 19.0. The topological polar surface area (TPSA) is 192 Å². The van der Waals surface area contributed by atoms with Crippen molar-refractivity contribution in [2.45, 2.75) is 267 Å². The van der Waals surface area contributed by atoms with E-state index in [1.165, 1.54) is 229 Å². The van der Waals surface area contributed by atoms with E-state index in [0.29, 0.717) is 92.3 Å². The summed E-state index contributed by atoms with van der Waals surface area (Å²) in [5, 5.41) is 18.2. The molecule has 5 aliphatic carbocycles. The van der Waals surface area contributed by atoms with Crippen molar-refractivity contribution in [1.82, 2.24) is 0 Å². The van der Waals surface area contributed by atoms with Gasteiger partial charge >= 0.3 is 29.8 Å². The van der Waals surface area contributed by atoms with Crippen molar-refractivity contribution in [3.05, 3.63) is 322 Å². The lowest BCUT2D eigenvalue weighted by molar-refractivity contribution is 0.0517. The summed E-state index contributed by atoms with van der Waals surface area (Å²) in [7, 11) is 0. The molecule has 10 aromatic carbocycles. The molecule has 0 radical (unpaired) electrons. The minimum absolute atomic E-state index is 0.235. The zero-order valence-corrected chi connectivity index (χ0v) is 82.8. The van der Waals surface area contributed by atoms with E-state index in [0.717, 1.165) is 118 Å². The summed E-state index contributed by atoms with van der Waals surface area (Å²) in [5.41, 5.74) is 21.0. The van der Waals surface area contributed by atoms with Crippen LogP contribution in [0.2, 0.25) is 5.02 Å². The summed E-state index contributed by atoms with van der Waals surface area (Å²) in [6, 6.07) is 67.2. The highest BCUT2D eigenvalue weighted by Crippen LogP contribution is 2.38. The van der Waals surface area contributed by atoms with Crippen LogP contribution in [0, 0.1) is 48.1 Å². The number of nitrogens with one attached hydrogen (secondary N) is 5. The van der Waals surface area contributed by atoms with Crippen LogP contribution in [0.15, 0.2) is 217 Å². The van der Waals surface area contributed by atoms with E-state index in [1.54, 1.807) is 25.1 Å². The maximum atomic E-state index is 13.4. The molecule has 135 heavy (non-hydrogen) atoms. The van der Waals surface area contributed by atoms with E-state index in [9.17, 15) is 32.8 Å². The minimum Gasteiger partial charge on any atom is -0.462 e. The predicted octanol–water partition coefficient (Wildman–Crippen LogP) is 30.0. The Morgan fingerprint density at radius 3 is 0.793 bits per heavy atom. The third-order valence-electron chi connectivity index (χ3n) is 26.4. The zero-order chi connectivity index (χ0) is 95.3. The zero-order valence-electron chi connectivity index (χ0n) is 80.5. The van der Waals surface area contributed by atoms with Crippen molar-refractivity contribution < 1.29 is 56.4 Å². The number of ether oxygens (including phenoxy) is 5. The van der Waals surface area contributed by atoms with Crippen molar-refractivity contribution in [2.24, 2.45) is 29.6 Å². The molecule has 0 atom stereocenters. The van der Waals surface area contributed by atoms with Crippen molar-refractivity contribution in [2.75, 3.05) is 59.6 Å². The lowest BCUT2D eigenvalue weighted by Gasteiger charge is -2.23. The van der Waals surface area contributed by atoms with Gasteiger partial charge in [-0.05, 0) is 268 Å². The molecular formula is C116H143BrClF2N5O10. The van der Waals surface area contributed by atoms with Gasteiger partial charge in [0.1, 0.15) is 11.6 Å². The van der Waals surface area contributed by atoms with Crippen LogP contribution in [0.1, 0.15) is 308 Å². The molecule has 0 aromatic heterocycles. The number of benzene rings is 10. The van der Waals surface area contributed by atoms with E-state index in [-0.39, 0.29) is 41.5 Å². The molecular weight excluding hydrogens is 1780 g/mol. The summed E-state index contributed by atoms with van der Waals surface area (Å²) in [6.07, 6.45) is 38.2. The highest BCUT2D eigenvalue weighted by Gasteiger charge is 2.25. The first-order valence-electron chi connectivity index (χ1n) is 50.0. The third kappa shape index (κ3) is 36.0. The molecule has 5 aliphatic rings. The standard InChI is InChI=1S/C24H31NO2.C23H28BrNO2.C23H28ClNO2.2C23H28FNO2/c1-3-27-24(26)22-14-13-21(15-19-7-5-4-6-8-19)23(16-22)25-17-20-11-9-18(2)10-12-20;1-2-27-23(26)20-11-10-19(14-17-6-4-3-5-7-17)22(15-20)25-16-18-8-12-21(24)13-9-18;2*1-2-27-23(26)20-12-11-19(13-17-7-4-3-5-8-17)22(15-20)25-16-18-9-6-10-21(24)14-18;1-2-27-23(26)20-11-10-19(14-17-6-4-3-5-7-17)22(15-20)25-16-18-8-12-21(24)13-9-18/h9-14,16,19,25H,3-8,15,17H2,1-2H3;8-13,15,17,25H,2-7,14,16H2,1H3;2*6,9-12,14-15,17,25H,2-5,7-8,13,16H2,1H3;8-13,15,17,25H,2-7,14,16H2,1H3. The Hall–Kier alpha value is -10.8. The van der Waals surface area contributed by atoms with Crippen LogP contribution in [0.25, 0.3) is 0 Å². The van der Waals surface area contributed by atoms with Crippen LogP contribution in [0.5, 0.6) is 0 Å². The normalized spacial score (nSPS) is 14.7. The molecule has 19 heteroatoms. The SMILES string of the molecule is CCOC(=O)c1ccc(CC2CCCCC2)c(NCc2ccc(Br)cc2)c1.CCOC(=O)c1ccc(CC2CCCCC2)c(NCc2ccc(C)cc2)c1.CCOC(=O)c1ccc(CC2CCCCC2)c(NCc2ccc(F)cc2)c1.CCOC(=O)c1ccc(CC2CCCCC2)c(NCc2cccc(Cl)c2)c1.CCOC(=O)c1ccc(CC2CCCCC2)c(NCc2cccc(F)c2)c1. The molecule has 5 saturated carbocycles. The van der Waals surface area contributed by atoms with Crippen LogP contribution in [0.3, 0.4) is 0 Å². The number of esters is 5. The molecule has 15 rings (SSSR count). The summed E-state index contributed by atoms with van der Waals surface area (Å²) in [6.45, 7) is 16.4. The predicted molar refractivity (Wildman–Crippen MR) is 550 cm³/mol. The van der Waals surface area contributed by atoms with E-state index >= 15 is 0 Å². The first-order valence-corrected chi connectivity index (χ1v) is 51.2. The van der Waals surface area contributed by atoms with E-state index < -0.39 is 0 Å². The molecule has 0 saturated heterocycles. The number of anilines is 5. The van der Waals surface area contributed by atoms with Gasteiger partial charge in [0.2, 0.25) is 0 Å². The minimum atomic E-state index is -0.310. The van der Waals surface area contributed by atoms with Gasteiger partial charge < -0.3 is 50.3 Å². The molecule has 0 unspecified atom stereocenters. The van der Waals surface area contributed by atoms with Gasteiger partial charge in [-0.25, -0.2) is 32.8 Å². The summed E-state index contributed by atoms with van der Waals surface area (Å²) >= 11 is 9.58. The maximum absolute atomic E-state index is 13.4. The molecule has 10 aromatic rings. The first kappa shape index (κ1) is 105. The second-order valence-electron chi connectivity index (χ2n) is 36.8. The second kappa shape index (κ2) is 57.3. The molecule has 0 aliphatic heterocycles. The Labute approximate surface area is 815 Å². The second-order valence-corrected chi connectivity index (χ2v) is 38.1. The molecule has 720 valence electrons. The van der Waals surface area contributed by atoms with Gasteiger partial charge in [-0.2, -0.15) is 0 Å². The molecule has 5 N–H and O–H groups in total. The number of aryl methyl sites for hydroxylation is 1. The van der Waals surface area contributed by atoms with E-state index in [1.807, 2.05) is 125 Å². The molecule has 0 amide bonds. The van der Waals surface area contributed by atoms with E-state index in [2.05, 4.69) is 122 Å². The van der Waals surface area contributed by atoms with Gasteiger partial charge in [0.25, 0.3) is 0 Å². The Balaban J connectivity index is 0.000000162. The van der Waals surface area contributed by atoms with Crippen LogP contribution in [-0.2, 0) is 88.5 Å². The van der Waals surface area contributed by atoms with Crippen molar-refractivity contribution in [3.63, 3.8) is 0 Å². The Bertz CT molecular complexity index is 4870. The van der Waals surface area contributed by atoms with Crippen LogP contribution < -0.4 is 26.6 Å². The van der Waals surface area contributed by atoms with Gasteiger partial charge in [0.05, 0.1) is 60.9 Å². The van der Waals surface area contributed by atoms with Crippen LogP contribution in [-0.4, -0.2) is 62.9 Å².